The predicted molar refractivity (Wildman–Crippen MR) is 247 cm³/mol. The number of hydrogen-bond donors (Lipinski definition) is 2. The first-order chi connectivity index (χ1) is 28.0. The number of aliphatic hydroxyl groups is 1. The van der Waals surface area contributed by atoms with Crippen LogP contribution in [0.5, 0.6) is 0 Å². The minimum absolute atomic E-state index is 0.00152. The van der Waals surface area contributed by atoms with E-state index in [1.54, 1.807) is 6.08 Å². The maximum atomic E-state index is 12.8. The molecule has 9 heteroatoms. The lowest BCUT2D eigenvalue weighted by Gasteiger charge is -2.29. The van der Waals surface area contributed by atoms with E-state index in [4.69, 9.17) is 9.05 Å². The third kappa shape index (κ3) is 43.1. The number of rotatable bonds is 45. The first kappa shape index (κ1) is 57.0. The molecule has 344 valence electrons. The van der Waals surface area contributed by atoms with Crippen LogP contribution in [0.25, 0.3) is 0 Å². The van der Waals surface area contributed by atoms with Crippen LogP contribution in [-0.2, 0) is 18.4 Å². The van der Waals surface area contributed by atoms with Crippen LogP contribution >= 0.6 is 7.82 Å². The number of nitrogens with zero attached hydrogens (tertiary/aromatic N) is 1. The highest BCUT2D eigenvalue weighted by Gasteiger charge is 2.23. The van der Waals surface area contributed by atoms with Crippen molar-refractivity contribution in [3.8, 4) is 0 Å². The van der Waals surface area contributed by atoms with Gasteiger partial charge in [-0.05, 0) is 38.5 Å². The van der Waals surface area contributed by atoms with Crippen LogP contribution in [0.1, 0.15) is 232 Å². The summed E-state index contributed by atoms with van der Waals surface area (Å²) >= 11 is 0. The Bertz CT molecular complexity index is 1000. The molecule has 1 amide bonds. The van der Waals surface area contributed by atoms with Gasteiger partial charge in [0, 0.05) is 6.42 Å². The first-order valence-electron chi connectivity index (χ1n) is 24.7. The van der Waals surface area contributed by atoms with Crippen LogP contribution in [0.2, 0.25) is 0 Å². The van der Waals surface area contributed by atoms with Gasteiger partial charge in [0.25, 0.3) is 7.82 Å². The fourth-order valence-corrected chi connectivity index (χ4v) is 7.92. The molecule has 0 aliphatic heterocycles. The molecule has 0 aliphatic rings. The fraction of sp³-hybridized carbons (Fsp3) is 0.898. The summed E-state index contributed by atoms with van der Waals surface area (Å²) in [4.78, 5) is 25.3. The van der Waals surface area contributed by atoms with Gasteiger partial charge in [-0.25, -0.2) is 0 Å². The van der Waals surface area contributed by atoms with Crippen LogP contribution in [0.4, 0.5) is 0 Å². The van der Waals surface area contributed by atoms with Crippen molar-refractivity contribution in [2.24, 2.45) is 0 Å². The molecule has 0 spiro atoms. The number of allylic oxidation sites excluding steroid dienone is 3. The lowest BCUT2D eigenvalue weighted by Crippen LogP contribution is -2.45. The number of phosphoric ester groups is 1. The van der Waals surface area contributed by atoms with Crippen molar-refractivity contribution in [3.05, 3.63) is 24.3 Å². The van der Waals surface area contributed by atoms with Crippen molar-refractivity contribution in [1.82, 2.24) is 5.32 Å². The average molecular weight is 841 g/mol. The van der Waals surface area contributed by atoms with E-state index in [0.717, 1.165) is 57.8 Å². The van der Waals surface area contributed by atoms with Gasteiger partial charge in [-0.2, -0.15) is 0 Å². The zero-order chi connectivity index (χ0) is 42.8. The number of hydrogen-bond acceptors (Lipinski definition) is 6. The SMILES string of the molecule is CCCC/C=C\CCCCCCCC(=O)NC(COP(=O)([O-])OCC[N+](C)(C)C)C(O)/C=C/CCCCCCCCCCCCCCCCCCCCCCCCC. The summed E-state index contributed by atoms with van der Waals surface area (Å²) in [5, 5.41) is 13.8. The summed E-state index contributed by atoms with van der Waals surface area (Å²) in [6, 6.07) is -0.887. The molecule has 0 aromatic carbocycles. The minimum Gasteiger partial charge on any atom is -0.756 e. The van der Waals surface area contributed by atoms with Gasteiger partial charge in [0.15, 0.2) is 0 Å². The molecule has 0 radical (unpaired) electrons. The van der Waals surface area contributed by atoms with Crippen LogP contribution in [0.15, 0.2) is 24.3 Å². The van der Waals surface area contributed by atoms with Gasteiger partial charge < -0.3 is 28.8 Å². The summed E-state index contributed by atoms with van der Waals surface area (Å²) in [6.45, 7) is 4.61. The van der Waals surface area contributed by atoms with Crippen molar-refractivity contribution >= 4 is 13.7 Å². The molecule has 0 heterocycles. The van der Waals surface area contributed by atoms with E-state index < -0.39 is 20.0 Å². The van der Waals surface area contributed by atoms with E-state index in [1.165, 1.54) is 154 Å². The Balaban J connectivity index is 4.20. The third-order valence-corrected chi connectivity index (χ3v) is 12.1. The Hall–Kier alpha value is -1.02. The Morgan fingerprint density at radius 1 is 0.586 bits per heavy atom. The maximum Gasteiger partial charge on any atom is 0.268 e. The van der Waals surface area contributed by atoms with E-state index in [9.17, 15) is 19.4 Å². The maximum absolute atomic E-state index is 12.8. The quantitative estimate of drug-likeness (QED) is 0.0274. The van der Waals surface area contributed by atoms with Gasteiger partial charge >= 0.3 is 0 Å². The molecule has 0 fully saturated rings. The number of likely N-dealkylation sites (N-methyl/N-ethyl adjacent to an activating group) is 1. The molecule has 0 bridgehead atoms. The van der Waals surface area contributed by atoms with Crippen molar-refractivity contribution < 1.29 is 32.9 Å². The van der Waals surface area contributed by atoms with Crippen molar-refractivity contribution in [2.45, 2.75) is 244 Å². The minimum atomic E-state index is -4.59. The summed E-state index contributed by atoms with van der Waals surface area (Å²) < 4.78 is 23.2. The second kappa shape index (κ2) is 41.3. The monoisotopic (exact) mass is 841 g/mol. The largest absolute Gasteiger partial charge is 0.756 e. The number of carbonyl (C=O) groups excluding carboxylic acids is 1. The summed E-state index contributed by atoms with van der Waals surface area (Å²) in [7, 11) is 1.26. The number of phosphoric acid groups is 1. The number of amides is 1. The van der Waals surface area contributed by atoms with E-state index >= 15 is 0 Å². The third-order valence-electron chi connectivity index (χ3n) is 11.2. The number of quaternary nitrogens is 1. The second-order valence-corrected chi connectivity index (χ2v) is 19.6. The molecular weight excluding hydrogens is 744 g/mol. The highest BCUT2D eigenvalue weighted by molar-refractivity contribution is 7.45. The standard InChI is InChI=1S/C49H97N2O6P/c1-6-8-10-12-14-16-18-19-20-21-22-23-24-25-26-27-28-29-30-31-33-34-36-38-40-42-48(52)47(46-57-58(54,55)56-45-44-51(3,4)5)50-49(53)43-41-39-37-35-32-17-15-13-11-9-7-2/h13,15,40,42,47-48,52H,6-12,14,16-39,41,43-46H2,1-5H3,(H-,50,53,54,55)/b15-13-,42-40+. The highest BCUT2D eigenvalue weighted by Crippen LogP contribution is 2.38. The summed E-state index contributed by atoms with van der Waals surface area (Å²) in [5.41, 5.74) is 0. The number of nitrogens with one attached hydrogen (secondary N) is 1. The lowest BCUT2D eigenvalue weighted by atomic mass is 10.0. The normalized spacial score (nSPS) is 14.4. The average Bonchev–Trinajstić information content (AvgIpc) is 3.17. The van der Waals surface area contributed by atoms with Crippen molar-refractivity contribution in [3.63, 3.8) is 0 Å². The van der Waals surface area contributed by atoms with Crippen LogP contribution in [0, 0.1) is 0 Å². The number of unbranched alkanes of at least 4 members (excludes halogenated alkanes) is 30. The smallest absolute Gasteiger partial charge is 0.268 e. The van der Waals surface area contributed by atoms with E-state index in [1.807, 2.05) is 27.2 Å². The van der Waals surface area contributed by atoms with E-state index in [-0.39, 0.29) is 19.1 Å². The zero-order valence-corrected chi connectivity index (χ0v) is 39.9. The van der Waals surface area contributed by atoms with Crippen LogP contribution in [-0.4, -0.2) is 68.5 Å². The van der Waals surface area contributed by atoms with Gasteiger partial charge in [0.05, 0.1) is 39.9 Å². The molecule has 8 nitrogen and oxygen atoms in total. The van der Waals surface area contributed by atoms with Gasteiger partial charge in [-0.1, -0.05) is 212 Å². The van der Waals surface area contributed by atoms with Crippen molar-refractivity contribution in [2.75, 3.05) is 40.9 Å². The van der Waals surface area contributed by atoms with Crippen LogP contribution < -0.4 is 10.2 Å². The second-order valence-electron chi connectivity index (χ2n) is 18.2. The van der Waals surface area contributed by atoms with Gasteiger partial charge in [-0.15, -0.1) is 0 Å². The molecule has 0 aromatic heterocycles. The Labute approximate surface area is 360 Å². The molecule has 58 heavy (non-hydrogen) atoms. The molecule has 2 N–H and O–H groups in total. The van der Waals surface area contributed by atoms with Gasteiger partial charge in [0.1, 0.15) is 13.2 Å². The molecule has 0 rings (SSSR count). The fourth-order valence-electron chi connectivity index (χ4n) is 7.19. The first-order valence-corrected chi connectivity index (χ1v) is 26.2. The number of carbonyl (C=O) groups is 1. The van der Waals surface area contributed by atoms with E-state index in [0.29, 0.717) is 17.4 Å². The zero-order valence-electron chi connectivity index (χ0n) is 39.0. The lowest BCUT2D eigenvalue weighted by molar-refractivity contribution is -0.870. The van der Waals surface area contributed by atoms with Crippen LogP contribution in [0.3, 0.4) is 0 Å². The molecule has 0 saturated carbocycles. The Morgan fingerprint density at radius 3 is 1.40 bits per heavy atom. The Kier molecular flexibility index (Phi) is 40.6. The molecule has 0 saturated heterocycles. The highest BCUT2D eigenvalue weighted by atomic mass is 31.2. The van der Waals surface area contributed by atoms with Gasteiger partial charge in [-0.3, -0.25) is 9.36 Å². The number of aliphatic hydroxyl groups excluding tert-OH is 1. The molecular formula is C49H97N2O6P. The Morgan fingerprint density at radius 2 is 0.966 bits per heavy atom. The summed E-state index contributed by atoms with van der Waals surface area (Å²) in [5.74, 6) is -0.207. The predicted octanol–water partition coefficient (Wildman–Crippen LogP) is 13.5. The molecule has 0 aliphatic carbocycles. The summed E-state index contributed by atoms with van der Waals surface area (Å²) in [6.07, 6.45) is 49.6. The molecule has 0 aromatic rings. The molecule has 3 atom stereocenters. The van der Waals surface area contributed by atoms with Gasteiger partial charge in [0.2, 0.25) is 5.91 Å². The van der Waals surface area contributed by atoms with E-state index in [2.05, 4.69) is 31.3 Å². The topological polar surface area (TPSA) is 108 Å². The molecule has 3 unspecified atom stereocenters. The van der Waals surface area contributed by atoms with Crippen molar-refractivity contribution in [1.29, 1.82) is 0 Å².